The first kappa shape index (κ1) is 19.1. The number of methoxy groups -OCH3 is 1. The van der Waals surface area contributed by atoms with Crippen LogP contribution in [0.2, 0.25) is 5.02 Å². The molecular formula is C20H20ClN3O3. The second kappa shape index (κ2) is 8.33. The Bertz CT molecular complexity index is 1020. The summed E-state index contributed by atoms with van der Waals surface area (Å²) in [7, 11) is 1.57. The SMILES string of the molecule is COCCn1c([C@H](C)NC(=O)c2ccc(Cl)cc2)nc2ccccc2c1=O. The smallest absolute Gasteiger partial charge is 0.261 e. The maximum absolute atomic E-state index is 12.9. The lowest BCUT2D eigenvalue weighted by Gasteiger charge is -2.19. The van der Waals surface area contributed by atoms with Crippen LogP contribution in [-0.4, -0.2) is 29.2 Å². The number of hydrogen-bond donors (Lipinski definition) is 1. The first-order valence-corrected chi connectivity index (χ1v) is 8.94. The Kier molecular flexibility index (Phi) is 5.88. The van der Waals surface area contributed by atoms with Crippen molar-refractivity contribution in [2.24, 2.45) is 0 Å². The van der Waals surface area contributed by atoms with Gasteiger partial charge in [0, 0.05) is 17.7 Å². The summed E-state index contributed by atoms with van der Waals surface area (Å²) in [6.07, 6.45) is 0. The summed E-state index contributed by atoms with van der Waals surface area (Å²) in [5, 5.41) is 3.99. The fourth-order valence-electron chi connectivity index (χ4n) is 2.86. The molecule has 1 aromatic heterocycles. The molecule has 1 atom stereocenters. The molecule has 1 heterocycles. The molecule has 0 saturated carbocycles. The van der Waals surface area contributed by atoms with Crippen molar-refractivity contribution < 1.29 is 9.53 Å². The maximum atomic E-state index is 12.9. The number of ether oxygens (including phenoxy) is 1. The van der Waals surface area contributed by atoms with Crippen LogP contribution in [0.5, 0.6) is 0 Å². The van der Waals surface area contributed by atoms with Crippen LogP contribution >= 0.6 is 11.6 Å². The molecule has 1 amide bonds. The number of halogens is 1. The summed E-state index contributed by atoms with van der Waals surface area (Å²) in [4.78, 5) is 30.0. The summed E-state index contributed by atoms with van der Waals surface area (Å²) in [6, 6.07) is 13.3. The molecular weight excluding hydrogens is 366 g/mol. The number of carbonyl (C=O) groups is 1. The molecule has 0 aliphatic rings. The quantitative estimate of drug-likeness (QED) is 0.707. The van der Waals surface area contributed by atoms with Gasteiger partial charge in [-0.3, -0.25) is 14.2 Å². The third-order valence-corrected chi connectivity index (χ3v) is 4.50. The number of para-hydroxylation sites is 1. The van der Waals surface area contributed by atoms with Crippen molar-refractivity contribution in [3.05, 3.63) is 75.3 Å². The first-order valence-electron chi connectivity index (χ1n) is 8.56. The van der Waals surface area contributed by atoms with Gasteiger partial charge in [0.25, 0.3) is 11.5 Å². The third kappa shape index (κ3) is 4.18. The number of amides is 1. The minimum atomic E-state index is -0.470. The van der Waals surface area contributed by atoms with Crippen molar-refractivity contribution in [3.8, 4) is 0 Å². The van der Waals surface area contributed by atoms with Gasteiger partial charge in [0.05, 0.1) is 30.1 Å². The molecule has 7 heteroatoms. The number of aromatic nitrogens is 2. The van der Waals surface area contributed by atoms with Crippen LogP contribution < -0.4 is 10.9 Å². The highest BCUT2D eigenvalue weighted by atomic mass is 35.5. The summed E-state index contributed by atoms with van der Waals surface area (Å²) < 4.78 is 6.68. The molecule has 2 aromatic carbocycles. The average Bonchev–Trinajstić information content (AvgIpc) is 2.67. The zero-order chi connectivity index (χ0) is 19.4. The predicted octanol–water partition coefficient (Wildman–Crippen LogP) is 3.19. The van der Waals surface area contributed by atoms with E-state index in [0.717, 1.165) is 0 Å². The Morgan fingerprint density at radius 3 is 2.63 bits per heavy atom. The van der Waals surface area contributed by atoms with Gasteiger partial charge < -0.3 is 10.1 Å². The van der Waals surface area contributed by atoms with Crippen LogP contribution in [0.15, 0.2) is 53.3 Å². The summed E-state index contributed by atoms with van der Waals surface area (Å²) in [5.41, 5.74) is 0.928. The molecule has 0 fully saturated rings. The van der Waals surface area contributed by atoms with Gasteiger partial charge in [-0.1, -0.05) is 23.7 Å². The highest BCUT2D eigenvalue weighted by molar-refractivity contribution is 6.30. The second-order valence-corrected chi connectivity index (χ2v) is 6.58. The van der Waals surface area contributed by atoms with Crippen LogP contribution in [-0.2, 0) is 11.3 Å². The zero-order valence-electron chi connectivity index (χ0n) is 15.1. The van der Waals surface area contributed by atoms with Gasteiger partial charge in [-0.15, -0.1) is 0 Å². The maximum Gasteiger partial charge on any atom is 0.261 e. The Labute approximate surface area is 161 Å². The number of carbonyl (C=O) groups excluding carboxylic acids is 1. The van der Waals surface area contributed by atoms with E-state index in [1.807, 2.05) is 6.07 Å². The predicted molar refractivity (Wildman–Crippen MR) is 105 cm³/mol. The molecule has 0 radical (unpaired) electrons. The molecule has 140 valence electrons. The monoisotopic (exact) mass is 385 g/mol. The largest absolute Gasteiger partial charge is 0.383 e. The van der Waals surface area contributed by atoms with E-state index in [-0.39, 0.29) is 11.5 Å². The van der Waals surface area contributed by atoms with Gasteiger partial charge in [0.1, 0.15) is 5.82 Å². The fraction of sp³-hybridized carbons (Fsp3) is 0.250. The molecule has 0 bridgehead atoms. The number of benzene rings is 2. The van der Waals surface area contributed by atoms with E-state index in [1.165, 1.54) is 0 Å². The van der Waals surface area contributed by atoms with Crippen LogP contribution in [0.25, 0.3) is 10.9 Å². The molecule has 0 saturated heterocycles. The minimum absolute atomic E-state index is 0.153. The fourth-order valence-corrected chi connectivity index (χ4v) is 2.99. The van der Waals surface area contributed by atoms with E-state index in [2.05, 4.69) is 10.3 Å². The first-order chi connectivity index (χ1) is 13.0. The lowest BCUT2D eigenvalue weighted by molar-refractivity contribution is 0.0937. The minimum Gasteiger partial charge on any atom is -0.383 e. The third-order valence-electron chi connectivity index (χ3n) is 4.25. The van der Waals surface area contributed by atoms with Crippen LogP contribution in [0.4, 0.5) is 0 Å². The van der Waals surface area contributed by atoms with Gasteiger partial charge in [0.15, 0.2) is 0 Å². The zero-order valence-corrected chi connectivity index (χ0v) is 15.9. The number of nitrogens with zero attached hydrogens (tertiary/aromatic N) is 2. The summed E-state index contributed by atoms with van der Waals surface area (Å²) in [6.45, 7) is 2.52. The highest BCUT2D eigenvalue weighted by Crippen LogP contribution is 2.15. The van der Waals surface area contributed by atoms with Gasteiger partial charge in [-0.2, -0.15) is 0 Å². The molecule has 3 aromatic rings. The Morgan fingerprint density at radius 2 is 1.93 bits per heavy atom. The van der Waals surface area contributed by atoms with E-state index < -0.39 is 6.04 Å². The van der Waals surface area contributed by atoms with Gasteiger partial charge >= 0.3 is 0 Å². The van der Waals surface area contributed by atoms with Gasteiger partial charge in [0.2, 0.25) is 0 Å². The van der Waals surface area contributed by atoms with Crippen molar-refractivity contribution in [1.29, 1.82) is 0 Å². The lowest BCUT2D eigenvalue weighted by Crippen LogP contribution is -2.34. The Morgan fingerprint density at radius 1 is 1.22 bits per heavy atom. The Hall–Kier alpha value is -2.70. The van der Waals surface area contributed by atoms with Crippen molar-refractivity contribution >= 4 is 28.4 Å². The molecule has 0 spiro atoms. The normalized spacial score (nSPS) is 12.1. The Balaban J connectivity index is 1.96. The molecule has 3 rings (SSSR count). The van der Waals surface area contributed by atoms with E-state index in [0.29, 0.717) is 40.5 Å². The van der Waals surface area contributed by atoms with Crippen LogP contribution in [0.3, 0.4) is 0 Å². The van der Waals surface area contributed by atoms with E-state index >= 15 is 0 Å². The molecule has 0 aliphatic carbocycles. The van der Waals surface area contributed by atoms with E-state index in [4.69, 9.17) is 16.3 Å². The molecule has 6 nitrogen and oxygen atoms in total. The molecule has 27 heavy (non-hydrogen) atoms. The van der Waals surface area contributed by atoms with E-state index in [9.17, 15) is 9.59 Å². The van der Waals surface area contributed by atoms with Crippen molar-refractivity contribution in [3.63, 3.8) is 0 Å². The second-order valence-electron chi connectivity index (χ2n) is 6.14. The molecule has 1 N–H and O–H groups in total. The molecule has 0 aliphatic heterocycles. The number of hydrogen-bond acceptors (Lipinski definition) is 4. The van der Waals surface area contributed by atoms with Crippen LogP contribution in [0.1, 0.15) is 29.1 Å². The topological polar surface area (TPSA) is 73.2 Å². The summed E-state index contributed by atoms with van der Waals surface area (Å²) in [5.74, 6) is 0.220. The summed E-state index contributed by atoms with van der Waals surface area (Å²) >= 11 is 5.87. The van der Waals surface area contributed by atoms with Crippen molar-refractivity contribution in [2.75, 3.05) is 13.7 Å². The average molecular weight is 386 g/mol. The van der Waals surface area contributed by atoms with Crippen LogP contribution in [0, 0.1) is 0 Å². The van der Waals surface area contributed by atoms with Gasteiger partial charge in [-0.05, 0) is 43.3 Å². The van der Waals surface area contributed by atoms with E-state index in [1.54, 1.807) is 61.1 Å². The highest BCUT2D eigenvalue weighted by Gasteiger charge is 2.19. The standard InChI is InChI=1S/C20H20ClN3O3/c1-13(22-19(25)14-7-9-15(21)10-8-14)18-23-17-6-4-3-5-16(17)20(26)24(18)11-12-27-2/h3-10,13H,11-12H2,1-2H3,(H,22,25)/t13-/m0/s1. The van der Waals surface area contributed by atoms with Crippen molar-refractivity contribution in [2.45, 2.75) is 19.5 Å². The number of nitrogens with one attached hydrogen (secondary N) is 1. The van der Waals surface area contributed by atoms with Gasteiger partial charge in [-0.25, -0.2) is 4.98 Å². The van der Waals surface area contributed by atoms with Crippen molar-refractivity contribution in [1.82, 2.24) is 14.9 Å². The molecule has 0 unspecified atom stereocenters. The lowest BCUT2D eigenvalue weighted by atomic mass is 10.2. The number of rotatable bonds is 6. The number of fused-ring (bicyclic) bond motifs is 1.